The Balaban J connectivity index is 2.63. The van der Waals surface area contributed by atoms with Crippen LogP contribution in [-0.2, 0) is 17.4 Å². The summed E-state index contributed by atoms with van der Waals surface area (Å²) in [6, 6.07) is 4.80. The molecule has 1 aromatic rings. The van der Waals surface area contributed by atoms with Gasteiger partial charge in [-0.15, -0.1) is 0 Å². The molecule has 0 spiro atoms. The molecule has 0 bridgehead atoms. The standard InChI is InChI=1S/C16H22F3NO2/c1-11(2)20(10-12(3)21)15(22)9-6-13-4-7-14(8-5-13)16(17,18)19/h4-5,7-8,11-12,21H,6,9-10H2,1-3H3. The van der Waals surface area contributed by atoms with E-state index in [2.05, 4.69) is 0 Å². The van der Waals surface area contributed by atoms with Crippen molar-refractivity contribution in [2.24, 2.45) is 0 Å². The number of hydrogen-bond donors (Lipinski definition) is 1. The highest BCUT2D eigenvalue weighted by atomic mass is 19.4. The first-order chi connectivity index (χ1) is 10.1. The highest BCUT2D eigenvalue weighted by Gasteiger charge is 2.29. The fourth-order valence-corrected chi connectivity index (χ4v) is 2.14. The summed E-state index contributed by atoms with van der Waals surface area (Å²) in [4.78, 5) is 13.7. The summed E-state index contributed by atoms with van der Waals surface area (Å²) < 4.78 is 37.4. The Morgan fingerprint density at radius 3 is 2.14 bits per heavy atom. The van der Waals surface area contributed by atoms with Gasteiger partial charge in [-0.1, -0.05) is 12.1 Å². The molecule has 1 N–H and O–H groups in total. The Morgan fingerprint density at radius 2 is 1.73 bits per heavy atom. The molecule has 0 heterocycles. The van der Waals surface area contributed by atoms with Crippen LogP contribution < -0.4 is 0 Å². The predicted octanol–water partition coefficient (Wildman–Crippen LogP) is 3.26. The number of benzene rings is 1. The minimum absolute atomic E-state index is 0.0327. The number of amides is 1. The zero-order valence-electron chi connectivity index (χ0n) is 13.0. The first-order valence-electron chi connectivity index (χ1n) is 7.25. The number of halogens is 3. The first-order valence-corrected chi connectivity index (χ1v) is 7.25. The lowest BCUT2D eigenvalue weighted by molar-refractivity contribution is -0.137. The highest BCUT2D eigenvalue weighted by Crippen LogP contribution is 2.29. The summed E-state index contributed by atoms with van der Waals surface area (Å²) >= 11 is 0. The molecule has 0 radical (unpaired) electrons. The monoisotopic (exact) mass is 317 g/mol. The number of aliphatic hydroxyl groups excluding tert-OH is 1. The molecule has 124 valence electrons. The number of nitrogens with zero attached hydrogens (tertiary/aromatic N) is 1. The minimum Gasteiger partial charge on any atom is -0.392 e. The van der Waals surface area contributed by atoms with E-state index in [4.69, 9.17) is 0 Å². The lowest BCUT2D eigenvalue weighted by Crippen LogP contribution is -2.41. The Hall–Kier alpha value is -1.56. The van der Waals surface area contributed by atoms with Gasteiger partial charge in [0.2, 0.25) is 5.91 Å². The molecule has 3 nitrogen and oxygen atoms in total. The summed E-state index contributed by atoms with van der Waals surface area (Å²) in [5.41, 5.74) is -0.0115. The maximum atomic E-state index is 12.5. The maximum absolute atomic E-state index is 12.5. The molecule has 0 saturated carbocycles. The number of alkyl halides is 3. The zero-order chi connectivity index (χ0) is 16.9. The number of aryl methyl sites for hydroxylation is 1. The fraction of sp³-hybridized carbons (Fsp3) is 0.562. The van der Waals surface area contributed by atoms with Crippen LogP contribution in [-0.4, -0.2) is 34.6 Å². The van der Waals surface area contributed by atoms with Crippen LogP contribution in [0.5, 0.6) is 0 Å². The summed E-state index contributed by atoms with van der Waals surface area (Å²) in [6.07, 6.45) is -4.38. The van der Waals surface area contributed by atoms with Crippen LogP contribution in [0.1, 0.15) is 38.3 Å². The van der Waals surface area contributed by atoms with E-state index in [0.29, 0.717) is 12.0 Å². The van der Waals surface area contributed by atoms with Crippen LogP contribution >= 0.6 is 0 Å². The van der Waals surface area contributed by atoms with Crippen molar-refractivity contribution >= 4 is 5.91 Å². The SMILES string of the molecule is CC(O)CN(C(=O)CCc1ccc(C(F)(F)F)cc1)C(C)C. The van der Waals surface area contributed by atoms with Gasteiger partial charge in [0.15, 0.2) is 0 Å². The third-order valence-corrected chi connectivity index (χ3v) is 3.31. The molecule has 0 saturated heterocycles. The van der Waals surface area contributed by atoms with Crippen molar-refractivity contribution in [1.82, 2.24) is 4.90 Å². The van der Waals surface area contributed by atoms with E-state index >= 15 is 0 Å². The van der Waals surface area contributed by atoms with Crippen molar-refractivity contribution in [3.8, 4) is 0 Å². The third-order valence-electron chi connectivity index (χ3n) is 3.31. The molecule has 1 aromatic carbocycles. The average Bonchev–Trinajstić information content (AvgIpc) is 2.41. The van der Waals surface area contributed by atoms with Gasteiger partial charge in [0.25, 0.3) is 0 Å². The van der Waals surface area contributed by atoms with Gasteiger partial charge in [-0.25, -0.2) is 0 Å². The molecule has 0 aliphatic rings. The molecule has 0 aliphatic heterocycles. The molecule has 1 atom stereocenters. The van der Waals surface area contributed by atoms with Gasteiger partial charge in [-0.2, -0.15) is 13.2 Å². The van der Waals surface area contributed by atoms with Gasteiger partial charge >= 0.3 is 6.18 Å². The summed E-state index contributed by atoms with van der Waals surface area (Å²) in [5.74, 6) is -0.115. The topological polar surface area (TPSA) is 40.5 Å². The Kier molecular flexibility index (Phi) is 6.41. The molecule has 6 heteroatoms. The second kappa shape index (κ2) is 7.63. The van der Waals surface area contributed by atoms with Gasteiger partial charge in [0.1, 0.15) is 0 Å². The highest BCUT2D eigenvalue weighted by molar-refractivity contribution is 5.76. The number of carbonyl (C=O) groups excluding carboxylic acids is 1. The number of hydrogen-bond acceptors (Lipinski definition) is 2. The fourth-order valence-electron chi connectivity index (χ4n) is 2.14. The average molecular weight is 317 g/mol. The lowest BCUT2D eigenvalue weighted by Gasteiger charge is -2.28. The molecule has 0 aromatic heterocycles. The van der Waals surface area contributed by atoms with Crippen LogP contribution in [0.2, 0.25) is 0 Å². The molecule has 22 heavy (non-hydrogen) atoms. The van der Waals surface area contributed by atoms with Crippen molar-refractivity contribution in [2.45, 2.75) is 51.9 Å². The first kappa shape index (κ1) is 18.5. The van der Waals surface area contributed by atoms with E-state index in [1.807, 2.05) is 13.8 Å². The van der Waals surface area contributed by atoms with Crippen LogP contribution in [0.25, 0.3) is 0 Å². The van der Waals surface area contributed by atoms with Crippen molar-refractivity contribution in [2.75, 3.05) is 6.54 Å². The van der Waals surface area contributed by atoms with Gasteiger partial charge in [-0.05, 0) is 44.9 Å². The van der Waals surface area contributed by atoms with Crippen molar-refractivity contribution in [3.05, 3.63) is 35.4 Å². The van der Waals surface area contributed by atoms with Crippen LogP contribution in [0.15, 0.2) is 24.3 Å². The minimum atomic E-state index is -4.35. The van der Waals surface area contributed by atoms with Gasteiger partial charge in [0.05, 0.1) is 11.7 Å². The normalized spacial score (nSPS) is 13.3. The Morgan fingerprint density at radius 1 is 1.18 bits per heavy atom. The maximum Gasteiger partial charge on any atom is 0.416 e. The molecule has 1 amide bonds. The van der Waals surface area contributed by atoms with Crippen molar-refractivity contribution < 1.29 is 23.1 Å². The molecule has 1 unspecified atom stereocenters. The van der Waals surface area contributed by atoms with Crippen molar-refractivity contribution in [1.29, 1.82) is 0 Å². The van der Waals surface area contributed by atoms with Gasteiger partial charge in [-0.3, -0.25) is 4.79 Å². The van der Waals surface area contributed by atoms with E-state index in [1.165, 1.54) is 12.1 Å². The smallest absolute Gasteiger partial charge is 0.392 e. The third kappa shape index (κ3) is 5.67. The molecular formula is C16H22F3NO2. The van der Waals surface area contributed by atoms with E-state index in [-0.39, 0.29) is 24.9 Å². The number of rotatable bonds is 6. The van der Waals surface area contributed by atoms with E-state index < -0.39 is 17.8 Å². The number of carbonyl (C=O) groups is 1. The second-order valence-corrected chi connectivity index (χ2v) is 5.68. The van der Waals surface area contributed by atoms with E-state index in [1.54, 1.807) is 11.8 Å². The van der Waals surface area contributed by atoms with Crippen LogP contribution in [0, 0.1) is 0 Å². The Bertz CT molecular complexity index is 481. The molecule has 0 aliphatic carbocycles. The number of aliphatic hydroxyl groups is 1. The van der Waals surface area contributed by atoms with E-state index in [9.17, 15) is 23.1 Å². The second-order valence-electron chi connectivity index (χ2n) is 5.68. The quantitative estimate of drug-likeness (QED) is 0.875. The van der Waals surface area contributed by atoms with Crippen LogP contribution in [0.3, 0.4) is 0 Å². The predicted molar refractivity (Wildman–Crippen MR) is 78.3 cm³/mol. The van der Waals surface area contributed by atoms with Gasteiger partial charge in [0, 0.05) is 19.0 Å². The lowest BCUT2D eigenvalue weighted by atomic mass is 10.1. The van der Waals surface area contributed by atoms with Gasteiger partial charge < -0.3 is 10.0 Å². The van der Waals surface area contributed by atoms with E-state index in [0.717, 1.165) is 12.1 Å². The summed E-state index contributed by atoms with van der Waals surface area (Å²) in [6.45, 7) is 5.58. The molecule has 0 fully saturated rings. The summed E-state index contributed by atoms with van der Waals surface area (Å²) in [5, 5.41) is 9.41. The largest absolute Gasteiger partial charge is 0.416 e. The summed E-state index contributed by atoms with van der Waals surface area (Å²) in [7, 11) is 0. The molecular weight excluding hydrogens is 295 g/mol. The van der Waals surface area contributed by atoms with Crippen molar-refractivity contribution in [3.63, 3.8) is 0 Å². The molecule has 1 rings (SSSR count). The Labute approximate surface area is 128 Å². The zero-order valence-corrected chi connectivity index (χ0v) is 13.0. The van der Waals surface area contributed by atoms with Crippen LogP contribution in [0.4, 0.5) is 13.2 Å².